The fourth-order valence-electron chi connectivity index (χ4n) is 4.04. The van der Waals surface area contributed by atoms with Gasteiger partial charge >= 0.3 is 0 Å². The summed E-state index contributed by atoms with van der Waals surface area (Å²) < 4.78 is 0. The molecule has 0 spiro atoms. The molecule has 0 radical (unpaired) electrons. The summed E-state index contributed by atoms with van der Waals surface area (Å²) in [6.45, 7) is 3.13. The van der Waals surface area contributed by atoms with Gasteiger partial charge in [0.25, 0.3) is 0 Å². The van der Waals surface area contributed by atoms with Crippen molar-refractivity contribution >= 4 is 5.91 Å². The highest BCUT2D eigenvalue weighted by atomic mass is 16.2. The fraction of sp³-hybridized carbons (Fsp3) is 0.933. The average molecular weight is 250 g/mol. The Bertz CT molecular complexity index is 285. The standard InChI is InChI=1S/C15H26N2O/c18-15(8-7-12-4-1-2-5-12)17-10-13-6-3-9-16-14(13)11-17/h12-14,16H,1-11H2/t13-,14+/m0/s1. The molecule has 0 aromatic rings. The largest absolute Gasteiger partial charge is 0.341 e. The molecule has 2 saturated heterocycles. The van der Waals surface area contributed by atoms with E-state index in [2.05, 4.69) is 10.2 Å². The smallest absolute Gasteiger partial charge is 0.222 e. The van der Waals surface area contributed by atoms with Crippen LogP contribution in [0.1, 0.15) is 51.4 Å². The van der Waals surface area contributed by atoms with Crippen LogP contribution in [0.3, 0.4) is 0 Å². The van der Waals surface area contributed by atoms with Crippen LogP contribution in [0.5, 0.6) is 0 Å². The SMILES string of the molecule is O=C(CCC1CCCC1)N1C[C@@H]2CCCN[C@@H]2C1. The van der Waals surface area contributed by atoms with E-state index in [1.165, 1.54) is 38.5 Å². The number of nitrogens with zero attached hydrogens (tertiary/aromatic N) is 1. The first-order valence-corrected chi connectivity index (χ1v) is 7.84. The summed E-state index contributed by atoms with van der Waals surface area (Å²) in [6.07, 6.45) is 10.0. The third-order valence-corrected chi connectivity index (χ3v) is 5.19. The number of carbonyl (C=O) groups is 1. The zero-order chi connectivity index (χ0) is 12.4. The first kappa shape index (κ1) is 12.5. The van der Waals surface area contributed by atoms with Gasteiger partial charge in [-0.15, -0.1) is 0 Å². The van der Waals surface area contributed by atoms with Crippen LogP contribution in [0.25, 0.3) is 0 Å². The summed E-state index contributed by atoms with van der Waals surface area (Å²) in [4.78, 5) is 14.4. The minimum Gasteiger partial charge on any atom is -0.341 e. The van der Waals surface area contributed by atoms with E-state index in [0.29, 0.717) is 11.9 Å². The number of likely N-dealkylation sites (tertiary alicyclic amines) is 1. The number of fused-ring (bicyclic) bond motifs is 1. The Kier molecular flexibility index (Phi) is 3.88. The molecule has 0 aromatic heterocycles. The maximum absolute atomic E-state index is 12.2. The summed E-state index contributed by atoms with van der Waals surface area (Å²) in [7, 11) is 0. The number of nitrogens with one attached hydrogen (secondary N) is 1. The molecule has 3 heteroatoms. The molecule has 1 amide bonds. The normalized spacial score (nSPS) is 32.8. The Morgan fingerprint density at radius 3 is 2.72 bits per heavy atom. The van der Waals surface area contributed by atoms with Crippen LogP contribution >= 0.6 is 0 Å². The summed E-state index contributed by atoms with van der Waals surface area (Å²) in [5.41, 5.74) is 0. The van der Waals surface area contributed by atoms with Crippen LogP contribution in [0.4, 0.5) is 0 Å². The second-order valence-corrected chi connectivity index (χ2v) is 6.45. The minimum atomic E-state index is 0.415. The van der Waals surface area contributed by atoms with Gasteiger partial charge in [0.1, 0.15) is 0 Å². The maximum atomic E-state index is 12.2. The number of piperidine rings is 1. The summed E-state index contributed by atoms with van der Waals surface area (Å²) in [5.74, 6) is 1.99. The lowest BCUT2D eigenvalue weighted by atomic mass is 9.94. The molecule has 1 aliphatic carbocycles. The van der Waals surface area contributed by atoms with Crippen LogP contribution in [-0.2, 0) is 4.79 Å². The molecular weight excluding hydrogens is 224 g/mol. The summed E-state index contributed by atoms with van der Waals surface area (Å²) in [6, 6.07) is 0.592. The van der Waals surface area contributed by atoms with Crippen LogP contribution in [0.15, 0.2) is 0 Å². The minimum absolute atomic E-state index is 0.415. The molecular formula is C15H26N2O. The molecule has 3 rings (SSSR count). The molecule has 2 heterocycles. The Morgan fingerprint density at radius 1 is 1.11 bits per heavy atom. The van der Waals surface area contributed by atoms with E-state index in [1.54, 1.807) is 0 Å². The van der Waals surface area contributed by atoms with Gasteiger partial charge in [0, 0.05) is 25.6 Å². The highest BCUT2D eigenvalue weighted by Gasteiger charge is 2.36. The van der Waals surface area contributed by atoms with Crippen molar-refractivity contribution < 1.29 is 4.79 Å². The van der Waals surface area contributed by atoms with Crippen LogP contribution in [0, 0.1) is 11.8 Å². The highest BCUT2D eigenvalue weighted by Crippen LogP contribution is 2.30. The van der Waals surface area contributed by atoms with Crippen molar-refractivity contribution in [1.29, 1.82) is 0 Å². The van der Waals surface area contributed by atoms with Crippen LogP contribution < -0.4 is 5.32 Å². The Labute approximate surface area is 110 Å². The molecule has 0 bridgehead atoms. The zero-order valence-corrected chi connectivity index (χ0v) is 11.4. The molecule has 0 unspecified atom stereocenters. The predicted molar refractivity (Wildman–Crippen MR) is 72.3 cm³/mol. The lowest BCUT2D eigenvalue weighted by Gasteiger charge is -2.24. The third-order valence-electron chi connectivity index (χ3n) is 5.19. The van der Waals surface area contributed by atoms with Crippen LogP contribution in [0.2, 0.25) is 0 Å². The lowest BCUT2D eigenvalue weighted by Crippen LogP contribution is -2.41. The molecule has 3 fully saturated rings. The van der Waals surface area contributed by atoms with E-state index in [1.807, 2.05) is 0 Å². The van der Waals surface area contributed by atoms with E-state index in [9.17, 15) is 4.79 Å². The van der Waals surface area contributed by atoms with Crippen LogP contribution in [-0.4, -0.2) is 36.5 Å². The van der Waals surface area contributed by atoms with Gasteiger partial charge in [-0.05, 0) is 37.6 Å². The molecule has 2 aliphatic heterocycles. The Balaban J connectivity index is 1.45. The van der Waals surface area contributed by atoms with Gasteiger partial charge in [-0.1, -0.05) is 25.7 Å². The van der Waals surface area contributed by atoms with Gasteiger partial charge in [0.05, 0.1) is 0 Å². The second kappa shape index (κ2) is 5.60. The molecule has 2 atom stereocenters. The molecule has 18 heavy (non-hydrogen) atoms. The van der Waals surface area contributed by atoms with E-state index >= 15 is 0 Å². The molecule has 1 N–H and O–H groups in total. The quantitative estimate of drug-likeness (QED) is 0.832. The fourth-order valence-corrected chi connectivity index (χ4v) is 4.04. The monoisotopic (exact) mass is 250 g/mol. The average Bonchev–Trinajstić information content (AvgIpc) is 3.04. The van der Waals surface area contributed by atoms with Crippen molar-refractivity contribution in [3.8, 4) is 0 Å². The molecule has 3 nitrogen and oxygen atoms in total. The van der Waals surface area contributed by atoms with E-state index in [-0.39, 0.29) is 0 Å². The molecule has 1 saturated carbocycles. The molecule has 3 aliphatic rings. The van der Waals surface area contributed by atoms with Gasteiger partial charge in [-0.25, -0.2) is 0 Å². The van der Waals surface area contributed by atoms with Gasteiger partial charge in [-0.3, -0.25) is 4.79 Å². The van der Waals surface area contributed by atoms with Crippen molar-refractivity contribution in [1.82, 2.24) is 10.2 Å². The summed E-state index contributed by atoms with van der Waals surface area (Å²) >= 11 is 0. The number of amides is 1. The van der Waals surface area contributed by atoms with Gasteiger partial charge < -0.3 is 10.2 Å². The molecule has 0 aromatic carbocycles. The van der Waals surface area contributed by atoms with Gasteiger partial charge in [0.2, 0.25) is 5.91 Å². The first-order valence-electron chi connectivity index (χ1n) is 7.84. The van der Waals surface area contributed by atoms with Crippen molar-refractivity contribution in [3.05, 3.63) is 0 Å². The Morgan fingerprint density at radius 2 is 1.94 bits per heavy atom. The zero-order valence-electron chi connectivity index (χ0n) is 11.4. The van der Waals surface area contributed by atoms with E-state index in [0.717, 1.165) is 44.3 Å². The first-order chi connectivity index (χ1) is 8.83. The molecule has 102 valence electrons. The van der Waals surface area contributed by atoms with Crippen molar-refractivity contribution in [2.24, 2.45) is 11.8 Å². The number of hydrogen-bond acceptors (Lipinski definition) is 2. The summed E-state index contributed by atoms with van der Waals surface area (Å²) in [5, 5.41) is 3.57. The Hall–Kier alpha value is -0.570. The van der Waals surface area contributed by atoms with E-state index in [4.69, 9.17) is 0 Å². The van der Waals surface area contributed by atoms with E-state index < -0.39 is 0 Å². The maximum Gasteiger partial charge on any atom is 0.222 e. The van der Waals surface area contributed by atoms with Crippen molar-refractivity contribution in [2.75, 3.05) is 19.6 Å². The predicted octanol–water partition coefficient (Wildman–Crippen LogP) is 2.17. The second-order valence-electron chi connectivity index (χ2n) is 6.45. The van der Waals surface area contributed by atoms with Gasteiger partial charge in [0.15, 0.2) is 0 Å². The number of hydrogen-bond donors (Lipinski definition) is 1. The lowest BCUT2D eigenvalue weighted by molar-refractivity contribution is -0.130. The number of rotatable bonds is 3. The third kappa shape index (κ3) is 2.71. The highest BCUT2D eigenvalue weighted by molar-refractivity contribution is 5.76. The number of carbonyl (C=O) groups excluding carboxylic acids is 1. The van der Waals surface area contributed by atoms with Crippen molar-refractivity contribution in [3.63, 3.8) is 0 Å². The van der Waals surface area contributed by atoms with Gasteiger partial charge in [-0.2, -0.15) is 0 Å². The topological polar surface area (TPSA) is 32.3 Å². The van der Waals surface area contributed by atoms with Crippen molar-refractivity contribution in [2.45, 2.75) is 57.4 Å².